The molecule has 21 heavy (non-hydrogen) atoms. The molecule has 0 atom stereocenters. The fourth-order valence-electron chi connectivity index (χ4n) is 2.39. The van der Waals surface area contributed by atoms with Gasteiger partial charge in [0.25, 0.3) is 0 Å². The van der Waals surface area contributed by atoms with E-state index in [4.69, 9.17) is 0 Å². The van der Waals surface area contributed by atoms with Crippen LogP contribution in [0.15, 0.2) is 24.3 Å². The van der Waals surface area contributed by atoms with Crippen molar-refractivity contribution in [3.63, 3.8) is 0 Å². The second kappa shape index (κ2) is 6.21. The summed E-state index contributed by atoms with van der Waals surface area (Å²) in [7, 11) is 0. The molecule has 0 unspecified atom stereocenters. The van der Waals surface area contributed by atoms with Crippen molar-refractivity contribution in [3.05, 3.63) is 24.3 Å². The Bertz CT molecular complexity index is 502. The molecule has 0 radical (unpaired) electrons. The van der Waals surface area contributed by atoms with Crippen LogP contribution in [0.3, 0.4) is 0 Å². The van der Waals surface area contributed by atoms with E-state index >= 15 is 0 Å². The predicted octanol–water partition coefficient (Wildman–Crippen LogP) is 2.82. The maximum atomic E-state index is 12.4. The van der Waals surface area contributed by atoms with Crippen LogP contribution in [0.4, 0.5) is 23.7 Å². The highest BCUT2D eigenvalue weighted by molar-refractivity contribution is 5.89. The lowest BCUT2D eigenvalue weighted by molar-refractivity contribution is -0.274. The van der Waals surface area contributed by atoms with Crippen molar-refractivity contribution in [2.45, 2.75) is 25.2 Å². The predicted molar refractivity (Wildman–Crippen MR) is 69.5 cm³/mol. The number of ether oxygens (including phenoxy) is 1. The number of hydrogen-bond acceptors (Lipinski definition) is 3. The summed E-state index contributed by atoms with van der Waals surface area (Å²) in [6.45, 7) is 1.24. The first-order chi connectivity index (χ1) is 9.88. The number of carboxylic acid groups (broad SMARTS) is 1. The number of anilines is 1. The molecule has 1 fully saturated rings. The van der Waals surface area contributed by atoms with E-state index in [0.29, 0.717) is 25.9 Å². The summed E-state index contributed by atoms with van der Waals surface area (Å²) in [5, 5.41) is 12.5. The molecular weight excluding hydrogens is 289 g/mol. The molecule has 2 rings (SSSR count). The summed E-state index contributed by atoms with van der Waals surface area (Å²) in [6, 6.07) is 4.90. The summed E-state index contributed by atoms with van der Waals surface area (Å²) in [4.78, 5) is 12.4. The number of rotatable bonds is 3. The number of para-hydroxylation sites is 2. The smallest absolute Gasteiger partial charge is 0.465 e. The monoisotopic (exact) mass is 304 g/mol. The van der Waals surface area contributed by atoms with E-state index in [9.17, 15) is 23.1 Å². The molecule has 1 aromatic rings. The zero-order valence-corrected chi connectivity index (χ0v) is 11.1. The van der Waals surface area contributed by atoms with Gasteiger partial charge in [-0.2, -0.15) is 0 Å². The van der Waals surface area contributed by atoms with Gasteiger partial charge in [0.15, 0.2) is 5.75 Å². The molecule has 0 aromatic heterocycles. The van der Waals surface area contributed by atoms with Gasteiger partial charge in [-0.05, 0) is 38.1 Å². The number of nitrogens with one attached hydrogen (secondary N) is 1. The van der Waals surface area contributed by atoms with Gasteiger partial charge in [0.05, 0.1) is 5.69 Å². The number of alkyl halides is 3. The SMILES string of the molecule is O=C(O)N(c1ccccc1OC(F)(F)F)C1CCNCC1. The molecule has 1 aliphatic heterocycles. The largest absolute Gasteiger partial charge is 0.573 e. The van der Waals surface area contributed by atoms with Gasteiger partial charge in [0.1, 0.15) is 0 Å². The van der Waals surface area contributed by atoms with Crippen molar-refractivity contribution in [3.8, 4) is 5.75 Å². The van der Waals surface area contributed by atoms with Crippen LogP contribution >= 0.6 is 0 Å². The lowest BCUT2D eigenvalue weighted by Gasteiger charge is -2.33. The molecule has 5 nitrogen and oxygen atoms in total. The number of carbonyl (C=O) groups is 1. The standard InChI is InChI=1S/C13H15F3N2O3/c14-13(15,16)21-11-4-2-1-3-10(11)18(12(19)20)9-5-7-17-8-6-9/h1-4,9,17H,5-8H2,(H,19,20). The molecule has 0 saturated carbocycles. The quantitative estimate of drug-likeness (QED) is 0.901. The maximum Gasteiger partial charge on any atom is 0.573 e. The highest BCUT2D eigenvalue weighted by atomic mass is 19.4. The Morgan fingerprint density at radius 2 is 1.90 bits per heavy atom. The lowest BCUT2D eigenvalue weighted by Crippen LogP contribution is -2.46. The van der Waals surface area contributed by atoms with E-state index in [1.807, 2.05) is 0 Å². The van der Waals surface area contributed by atoms with Crippen LogP contribution in [0.1, 0.15) is 12.8 Å². The van der Waals surface area contributed by atoms with Crippen LogP contribution in [0, 0.1) is 0 Å². The number of benzene rings is 1. The van der Waals surface area contributed by atoms with Crippen molar-refractivity contribution in [2.24, 2.45) is 0 Å². The number of piperidine rings is 1. The van der Waals surface area contributed by atoms with E-state index in [2.05, 4.69) is 10.1 Å². The van der Waals surface area contributed by atoms with Crippen molar-refractivity contribution < 1.29 is 27.8 Å². The highest BCUT2D eigenvalue weighted by Crippen LogP contribution is 2.35. The van der Waals surface area contributed by atoms with Gasteiger partial charge in [-0.1, -0.05) is 12.1 Å². The van der Waals surface area contributed by atoms with Crippen molar-refractivity contribution in [1.29, 1.82) is 0 Å². The zero-order chi connectivity index (χ0) is 15.5. The maximum absolute atomic E-state index is 12.4. The summed E-state index contributed by atoms with van der Waals surface area (Å²) in [5.41, 5.74) is -0.0887. The number of amides is 1. The minimum Gasteiger partial charge on any atom is -0.465 e. The molecule has 1 heterocycles. The Balaban J connectivity index is 2.33. The molecule has 2 N–H and O–H groups in total. The second-order valence-electron chi connectivity index (χ2n) is 4.65. The van der Waals surface area contributed by atoms with Crippen molar-refractivity contribution in [2.75, 3.05) is 18.0 Å². The third kappa shape index (κ3) is 4.01. The van der Waals surface area contributed by atoms with E-state index in [0.717, 1.165) is 11.0 Å². The van der Waals surface area contributed by atoms with Gasteiger partial charge >= 0.3 is 12.5 Å². The Kier molecular flexibility index (Phi) is 4.56. The number of hydrogen-bond donors (Lipinski definition) is 2. The first-order valence-corrected chi connectivity index (χ1v) is 6.46. The molecule has 0 spiro atoms. The van der Waals surface area contributed by atoms with E-state index in [1.165, 1.54) is 18.2 Å². The molecule has 1 aliphatic rings. The average molecular weight is 304 g/mol. The molecule has 116 valence electrons. The van der Waals surface area contributed by atoms with Crippen molar-refractivity contribution >= 4 is 11.8 Å². The van der Waals surface area contributed by atoms with Gasteiger partial charge in [-0.3, -0.25) is 4.90 Å². The molecule has 0 aliphatic carbocycles. The molecule has 1 amide bonds. The zero-order valence-electron chi connectivity index (χ0n) is 11.1. The summed E-state index contributed by atoms with van der Waals surface area (Å²) < 4.78 is 41.2. The summed E-state index contributed by atoms with van der Waals surface area (Å²) in [6.07, 6.45) is -5.09. The number of nitrogens with zero attached hydrogens (tertiary/aromatic N) is 1. The van der Waals surface area contributed by atoms with E-state index in [1.54, 1.807) is 0 Å². The Hall–Kier alpha value is -1.96. The molecule has 0 bridgehead atoms. The first kappa shape index (κ1) is 15.4. The molecule has 1 saturated heterocycles. The van der Waals surface area contributed by atoms with E-state index in [-0.39, 0.29) is 11.7 Å². The highest BCUT2D eigenvalue weighted by Gasteiger charge is 2.35. The third-order valence-corrected chi connectivity index (χ3v) is 3.23. The second-order valence-corrected chi connectivity index (χ2v) is 4.65. The topological polar surface area (TPSA) is 61.8 Å². The fraction of sp³-hybridized carbons (Fsp3) is 0.462. The Labute approximate surface area is 119 Å². The minimum absolute atomic E-state index is 0.0887. The summed E-state index contributed by atoms with van der Waals surface area (Å²) >= 11 is 0. The van der Waals surface area contributed by atoms with Crippen LogP contribution < -0.4 is 15.0 Å². The van der Waals surface area contributed by atoms with Crippen LogP contribution in [0.25, 0.3) is 0 Å². The Morgan fingerprint density at radius 3 is 2.48 bits per heavy atom. The van der Waals surface area contributed by atoms with Gasteiger partial charge in [0, 0.05) is 6.04 Å². The van der Waals surface area contributed by atoms with Crippen LogP contribution in [0.5, 0.6) is 5.75 Å². The Morgan fingerprint density at radius 1 is 1.29 bits per heavy atom. The number of halogens is 3. The summed E-state index contributed by atoms with van der Waals surface area (Å²) in [5.74, 6) is -0.508. The van der Waals surface area contributed by atoms with Crippen molar-refractivity contribution in [1.82, 2.24) is 5.32 Å². The van der Waals surface area contributed by atoms with Gasteiger partial charge < -0.3 is 15.2 Å². The van der Waals surface area contributed by atoms with Crippen LogP contribution in [0.2, 0.25) is 0 Å². The molecule has 8 heteroatoms. The van der Waals surface area contributed by atoms with E-state index < -0.39 is 18.2 Å². The van der Waals surface area contributed by atoms with Crippen LogP contribution in [-0.4, -0.2) is 36.7 Å². The molecule has 1 aromatic carbocycles. The third-order valence-electron chi connectivity index (χ3n) is 3.23. The normalized spacial score (nSPS) is 16.5. The van der Waals surface area contributed by atoms with Gasteiger partial charge in [-0.15, -0.1) is 13.2 Å². The fourth-order valence-corrected chi connectivity index (χ4v) is 2.39. The lowest BCUT2D eigenvalue weighted by atomic mass is 10.0. The minimum atomic E-state index is -4.87. The first-order valence-electron chi connectivity index (χ1n) is 6.46. The van der Waals surface area contributed by atoms with Crippen LogP contribution in [-0.2, 0) is 0 Å². The van der Waals surface area contributed by atoms with Gasteiger partial charge in [-0.25, -0.2) is 4.79 Å². The van der Waals surface area contributed by atoms with Gasteiger partial charge in [0.2, 0.25) is 0 Å². The molecular formula is C13H15F3N2O3. The average Bonchev–Trinajstić information content (AvgIpc) is 2.40.